The summed E-state index contributed by atoms with van der Waals surface area (Å²) in [4.78, 5) is 19.8. The average molecular weight is 249 g/mol. The summed E-state index contributed by atoms with van der Waals surface area (Å²) >= 11 is 0. The van der Waals surface area contributed by atoms with E-state index in [1.165, 1.54) is 0 Å². The molecule has 0 amide bonds. The lowest BCUT2D eigenvalue weighted by atomic mass is 10.0. The van der Waals surface area contributed by atoms with Crippen LogP contribution in [0.25, 0.3) is 0 Å². The number of hydrogen-bond acceptors (Lipinski definition) is 4. The number of nitrogens with one attached hydrogen (secondary N) is 1. The molecule has 0 unspecified atom stereocenters. The Morgan fingerprint density at radius 2 is 2.28 bits per heavy atom. The number of carbonyl (C=O) groups is 1. The Bertz CT molecular complexity index is 430. The third-order valence-electron chi connectivity index (χ3n) is 2.94. The monoisotopic (exact) mass is 249 g/mol. The van der Waals surface area contributed by atoms with Gasteiger partial charge in [0.05, 0.1) is 0 Å². The lowest BCUT2D eigenvalue weighted by Crippen LogP contribution is -2.31. The first-order valence-electron chi connectivity index (χ1n) is 6.38. The molecular formula is C13H19N3O2. The number of hydrogen-bond donors (Lipinski definition) is 2. The highest BCUT2D eigenvalue weighted by molar-refractivity contribution is 5.76. The van der Waals surface area contributed by atoms with Gasteiger partial charge in [0.1, 0.15) is 17.7 Å². The fraction of sp³-hybridized carbons (Fsp3) is 0.615. The van der Waals surface area contributed by atoms with Crippen LogP contribution in [0.2, 0.25) is 0 Å². The zero-order valence-corrected chi connectivity index (χ0v) is 10.8. The van der Waals surface area contributed by atoms with Gasteiger partial charge in [-0.1, -0.05) is 13.8 Å². The Morgan fingerprint density at radius 3 is 2.83 bits per heavy atom. The predicted octanol–water partition coefficient (Wildman–Crippen LogP) is 2.27. The van der Waals surface area contributed by atoms with E-state index in [1.807, 2.05) is 13.8 Å². The first-order chi connectivity index (χ1) is 8.56. The second-order valence-electron chi connectivity index (χ2n) is 5.24. The maximum Gasteiger partial charge on any atom is 0.326 e. The zero-order valence-electron chi connectivity index (χ0n) is 10.8. The fourth-order valence-electron chi connectivity index (χ4n) is 1.86. The van der Waals surface area contributed by atoms with Crippen molar-refractivity contribution in [1.82, 2.24) is 9.97 Å². The summed E-state index contributed by atoms with van der Waals surface area (Å²) in [6.07, 6.45) is 4.55. The summed E-state index contributed by atoms with van der Waals surface area (Å²) in [5.74, 6) is 1.40. The molecule has 18 heavy (non-hydrogen) atoms. The maximum absolute atomic E-state index is 11.2. The Morgan fingerprint density at radius 1 is 1.56 bits per heavy atom. The highest BCUT2D eigenvalue weighted by atomic mass is 16.4. The van der Waals surface area contributed by atoms with E-state index in [0.717, 1.165) is 18.7 Å². The van der Waals surface area contributed by atoms with E-state index < -0.39 is 12.0 Å². The molecule has 2 N–H and O–H groups in total. The molecule has 0 aromatic carbocycles. The molecule has 98 valence electrons. The molecule has 5 heteroatoms. The van der Waals surface area contributed by atoms with Gasteiger partial charge in [-0.25, -0.2) is 14.8 Å². The second-order valence-corrected chi connectivity index (χ2v) is 5.24. The third-order valence-corrected chi connectivity index (χ3v) is 2.94. The molecule has 0 aliphatic heterocycles. The van der Waals surface area contributed by atoms with Crippen LogP contribution in [-0.4, -0.2) is 27.1 Å². The van der Waals surface area contributed by atoms with Gasteiger partial charge in [-0.2, -0.15) is 0 Å². The van der Waals surface area contributed by atoms with Gasteiger partial charge in [0, 0.05) is 12.1 Å². The van der Waals surface area contributed by atoms with Crippen molar-refractivity contribution in [3.63, 3.8) is 0 Å². The summed E-state index contributed by atoms with van der Waals surface area (Å²) in [6.45, 7) is 4.01. The molecular weight excluding hydrogens is 230 g/mol. The standard InChI is InChI=1S/C13H19N3O2/c1-8(2)7-10(13(17)18)15-11-5-6-14-12(16-11)9-3-4-9/h5-6,8-10H,3-4,7H2,1-2H3,(H,17,18)(H,14,15,16)/t10-/m1/s1. The van der Waals surface area contributed by atoms with Gasteiger partial charge >= 0.3 is 5.97 Å². The Labute approximate surface area is 107 Å². The van der Waals surface area contributed by atoms with Gasteiger partial charge in [-0.3, -0.25) is 0 Å². The van der Waals surface area contributed by atoms with Crippen LogP contribution in [-0.2, 0) is 4.79 Å². The normalized spacial score (nSPS) is 16.6. The molecule has 1 atom stereocenters. The molecule has 1 heterocycles. The molecule has 1 aliphatic rings. The van der Waals surface area contributed by atoms with Gasteiger partial charge in [-0.15, -0.1) is 0 Å². The quantitative estimate of drug-likeness (QED) is 0.808. The van der Waals surface area contributed by atoms with Crippen molar-refractivity contribution in [2.45, 2.75) is 45.1 Å². The van der Waals surface area contributed by atoms with Crippen LogP contribution >= 0.6 is 0 Å². The number of anilines is 1. The van der Waals surface area contributed by atoms with E-state index in [0.29, 0.717) is 24.1 Å². The summed E-state index contributed by atoms with van der Waals surface area (Å²) in [7, 11) is 0. The van der Waals surface area contributed by atoms with Crippen molar-refractivity contribution in [1.29, 1.82) is 0 Å². The van der Waals surface area contributed by atoms with E-state index in [4.69, 9.17) is 5.11 Å². The first kappa shape index (κ1) is 12.8. The minimum atomic E-state index is -0.838. The molecule has 0 bridgehead atoms. The van der Waals surface area contributed by atoms with Crippen molar-refractivity contribution in [3.8, 4) is 0 Å². The average Bonchev–Trinajstić information content (AvgIpc) is 3.11. The second kappa shape index (κ2) is 5.33. The molecule has 0 saturated heterocycles. The van der Waals surface area contributed by atoms with Crippen LogP contribution in [0, 0.1) is 5.92 Å². The van der Waals surface area contributed by atoms with Crippen molar-refractivity contribution in [2.24, 2.45) is 5.92 Å². The summed E-state index contributed by atoms with van der Waals surface area (Å²) in [6, 6.07) is 1.13. The summed E-state index contributed by atoms with van der Waals surface area (Å²) in [5.41, 5.74) is 0. The number of carboxylic acids is 1. The van der Waals surface area contributed by atoms with Crippen molar-refractivity contribution in [3.05, 3.63) is 18.1 Å². The van der Waals surface area contributed by atoms with Gasteiger partial charge in [0.25, 0.3) is 0 Å². The molecule has 1 saturated carbocycles. The smallest absolute Gasteiger partial charge is 0.326 e. The Hall–Kier alpha value is -1.65. The van der Waals surface area contributed by atoms with Gasteiger partial charge in [0.15, 0.2) is 0 Å². The molecule has 1 aromatic heterocycles. The molecule has 1 fully saturated rings. The van der Waals surface area contributed by atoms with Crippen LogP contribution in [0.15, 0.2) is 12.3 Å². The van der Waals surface area contributed by atoms with Crippen molar-refractivity contribution >= 4 is 11.8 Å². The Balaban J connectivity index is 2.05. The van der Waals surface area contributed by atoms with Crippen LogP contribution in [0.5, 0.6) is 0 Å². The topological polar surface area (TPSA) is 75.1 Å². The molecule has 5 nitrogen and oxygen atoms in total. The Kier molecular flexibility index (Phi) is 3.79. The summed E-state index contributed by atoms with van der Waals surface area (Å²) in [5, 5.41) is 12.2. The SMILES string of the molecule is CC(C)C[C@@H](Nc1ccnc(C2CC2)n1)C(=O)O. The third kappa shape index (κ3) is 3.42. The van der Waals surface area contributed by atoms with E-state index in [1.54, 1.807) is 12.3 Å². The van der Waals surface area contributed by atoms with E-state index in [9.17, 15) is 4.79 Å². The number of carboxylic acid groups (broad SMARTS) is 1. The van der Waals surface area contributed by atoms with E-state index in [-0.39, 0.29) is 0 Å². The highest BCUT2D eigenvalue weighted by Gasteiger charge is 2.27. The van der Waals surface area contributed by atoms with Crippen molar-refractivity contribution < 1.29 is 9.90 Å². The molecule has 0 spiro atoms. The molecule has 0 radical (unpaired) electrons. The lowest BCUT2D eigenvalue weighted by Gasteiger charge is -2.17. The zero-order chi connectivity index (χ0) is 13.1. The van der Waals surface area contributed by atoms with Crippen LogP contribution in [0.1, 0.15) is 44.9 Å². The molecule has 1 aromatic rings. The molecule has 1 aliphatic carbocycles. The lowest BCUT2D eigenvalue weighted by molar-refractivity contribution is -0.138. The number of rotatable bonds is 6. The van der Waals surface area contributed by atoms with E-state index >= 15 is 0 Å². The van der Waals surface area contributed by atoms with Gasteiger partial charge < -0.3 is 10.4 Å². The number of aliphatic carboxylic acids is 1. The largest absolute Gasteiger partial charge is 0.480 e. The van der Waals surface area contributed by atoms with Crippen LogP contribution < -0.4 is 5.32 Å². The van der Waals surface area contributed by atoms with Crippen molar-refractivity contribution in [2.75, 3.05) is 5.32 Å². The highest BCUT2D eigenvalue weighted by Crippen LogP contribution is 2.38. The van der Waals surface area contributed by atoms with Crippen LogP contribution in [0.4, 0.5) is 5.82 Å². The van der Waals surface area contributed by atoms with Crippen LogP contribution in [0.3, 0.4) is 0 Å². The summed E-state index contributed by atoms with van der Waals surface area (Å²) < 4.78 is 0. The number of aromatic nitrogens is 2. The van der Waals surface area contributed by atoms with Gasteiger partial charge in [-0.05, 0) is 31.2 Å². The minimum absolute atomic E-state index is 0.323. The maximum atomic E-state index is 11.2. The fourth-order valence-corrected chi connectivity index (χ4v) is 1.86. The first-order valence-corrected chi connectivity index (χ1v) is 6.38. The predicted molar refractivity (Wildman–Crippen MR) is 68.5 cm³/mol. The number of nitrogens with zero attached hydrogens (tertiary/aromatic N) is 2. The molecule has 2 rings (SSSR count). The van der Waals surface area contributed by atoms with E-state index in [2.05, 4.69) is 15.3 Å². The van der Waals surface area contributed by atoms with Gasteiger partial charge in [0.2, 0.25) is 0 Å². The minimum Gasteiger partial charge on any atom is -0.480 e.